The molecule has 1 spiro atoms. The first-order chi connectivity index (χ1) is 17.3. The predicted octanol–water partition coefficient (Wildman–Crippen LogP) is 2.32. The van der Waals surface area contributed by atoms with Gasteiger partial charge >= 0.3 is 5.97 Å². The van der Waals surface area contributed by atoms with Gasteiger partial charge in [0.25, 0.3) is 0 Å². The number of likely N-dealkylation sites (tertiary alicyclic amines) is 1. The van der Waals surface area contributed by atoms with E-state index in [1.54, 1.807) is 11.0 Å². The number of aliphatic hydroxyl groups excluding tert-OH is 1. The summed E-state index contributed by atoms with van der Waals surface area (Å²) < 4.78 is 11.8. The molecule has 8 heteroatoms. The zero-order chi connectivity index (χ0) is 26.0. The molecule has 194 valence electrons. The molecule has 0 saturated carbocycles. The van der Waals surface area contributed by atoms with Crippen molar-refractivity contribution >= 4 is 17.8 Å². The van der Waals surface area contributed by atoms with Crippen molar-refractivity contribution in [2.45, 2.75) is 57.0 Å². The van der Waals surface area contributed by atoms with Crippen LogP contribution in [0.4, 0.5) is 0 Å². The lowest BCUT2D eigenvalue weighted by Gasteiger charge is -2.40. The summed E-state index contributed by atoms with van der Waals surface area (Å²) in [4.78, 5) is 44.5. The molecule has 6 atom stereocenters. The number of fused-ring (bicyclic) bond motifs is 1. The van der Waals surface area contributed by atoms with Crippen molar-refractivity contribution in [2.75, 3.05) is 19.8 Å². The van der Waals surface area contributed by atoms with E-state index in [4.69, 9.17) is 9.47 Å². The summed E-state index contributed by atoms with van der Waals surface area (Å²) in [6.45, 7) is 11.6. The van der Waals surface area contributed by atoms with Crippen molar-refractivity contribution in [1.82, 2.24) is 9.80 Å². The average Bonchev–Trinajstić information content (AvgIpc) is 3.51. The van der Waals surface area contributed by atoms with Gasteiger partial charge in [-0.1, -0.05) is 62.9 Å². The van der Waals surface area contributed by atoms with Crippen LogP contribution in [-0.4, -0.2) is 76.2 Å². The average molecular weight is 497 g/mol. The van der Waals surface area contributed by atoms with E-state index in [1.165, 1.54) is 11.0 Å². The third-order valence-electron chi connectivity index (χ3n) is 7.78. The van der Waals surface area contributed by atoms with Crippen LogP contribution in [0.5, 0.6) is 0 Å². The van der Waals surface area contributed by atoms with Crippen LogP contribution in [0.25, 0.3) is 0 Å². The largest absolute Gasteiger partial charge is 0.461 e. The lowest BCUT2D eigenvalue weighted by molar-refractivity contribution is -0.156. The number of esters is 1. The molecule has 3 heterocycles. The van der Waals surface area contributed by atoms with Gasteiger partial charge in [-0.2, -0.15) is 0 Å². The quantitative estimate of drug-likeness (QED) is 0.373. The summed E-state index contributed by atoms with van der Waals surface area (Å²) in [7, 11) is 0. The number of carbonyl (C=O) groups excluding carboxylic acids is 3. The Kier molecular flexibility index (Phi) is 7.66. The summed E-state index contributed by atoms with van der Waals surface area (Å²) in [6, 6.07) is 8.06. The molecule has 3 aliphatic rings. The fourth-order valence-corrected chi connectivity index (χ4v) is 6.22. The smallest absolute Gasteiger partial charge is 0.312 e. The SMILES string of the molecule is C=CCOC(=O)[C@@H]1[C@H]2C(=O)N([C@@H](CO)C(C)C)C(C(=O)N(CC=C)Cc3ccccc3)C23CC[C@H]1O3. The van der Waals surface area contributed by atoms with E-state index in [1.807, 2.05) is 44.2 Å². The standard InChI is InChI=1S/C28H36N2O6/c1-5-14-29(16-19-10-8-7-9-11-19)26(33)24-28-13-12-21(36-28)22(27(34)35-15-6-2)23(28)25(32)30(24)20(17-31)18(3)4/h5-11,18,20-24,31H,1-2,12-17H2,3-4H3/t20-,21+,22-,23-,24?,28?/m0/s1. The molecule has 2 amide bonds. The number of benzene rings is 1. The Balaban J connectivity index is 1.76. The van der Waals surface area contributed by atoms with Crippen LogP contribution in [-0.2, 0) is 30.4 Å². The van der Waals surface area contributed by atoms with E-state index >= 15 is 0 Å². The topological polar surface area (TPSA) is 96.4 Å². The van der Waals surface area contributed by atoms with E-state index in [9.17, 15) is 19.5 Å². The molecule has 3 fully saturated rings. The number of hydrogen-bond donors (Lipinski definition) is 1. The Labute approximate surface area is 212 Å². The highest BCUT2D eigenvalue weighted by atomic mass is 16.6. The van der Waals surface area contributed by atoms with Crippen molar-refractivity contribution in [3.8, 4) is 0 Å². The summed E-state index contributed by atoms with van der Waals surface area (Å²) in [6.07, 6.45) is 3.69. The zero-order valence-electron chi connectivity index (χ0n) is 21.0. The number of aliphatic hydroxyl groups is 1. The van der Waals surface area contributed by atoms with Gasteiger partial charge in [0.15, 0.2) is 0 Å². The lowest BCUT2D eigenvalue weighted by atomic mass is 9.70. The lowest BCUT2D eigenvalue weighted by Crippen LogP contribution is -2.59. The number of carbonyl (C=O) groups is 3. The van der Waals surface area contributed by atoms with Gasteiger partial charge in [-0.05, 0) is 24.3 Å². The van der Waals surface area contributed by atoms with Gasteiger partial charge in [0, 0.05) is 13.1 Å². The molecule has 36 heavy (non-hydrogen) atoms. The molecule has 0 aromatic heterocycles. The van der Waals surface area contributed by atoms with E-state index in [-0.39, 0.29) is 37.5 Å². The van der Waals surface area contributed by atoms with Crippen LogP contribution < -0.4 is 0 Å². The molecular weight excluding hydrogens is 460 g/mol. The second-order valence-electron chi connectivity index (χ2n) is 10.2. The van der Waals surface area contributed by atoms with Gasteiger partial charge in [-0.25, -0.2) is 0 Å². The maximum absolute atomic E-state index is 14.3. The van der Waals surface area contributed by atoms with Crippen molar-refractivity contribution in [1.29, 1.82) is 0 Å². The number of hydrogen-bond acceptors (Lipinski definition) is 6. The molecule has 4 rings (SSSR count). The Bertz CT molecular complexity index is 1010. The number of nitrogens with zero attached hydrogens (tertiary/aromatic N) is 2. The highest BCUT2D eigenvalue weighted by Crippen LogP contribution is 2.59. The third-order valence-corrected chi connectivity index (χ3v) is 7.78. The minimum absolute atomic E-state index is 0.0392. The van der Waals surface area contributed by atoms with Crippen LogP contribution >= 0.6 is 0 Å². The number of amides is 2. The summed E-state index contributed by atoms with van der Waals surface area (Å²) in [5, 5.41) is 10.3. The fraction of sp³-hybridized carbons (Fsp3) is 0.536. The summed E-state index contributed by atoms with van der Waals surface area (Å²) >= 11 is 0. The molecule has 1 aromatic rings. The highest BCUT2D eigenvalue weighted by molar-refractivity contribution is 5.98. The summed E-state index contributed by atoms with van der Waals surface area (Å²) in [5.41, 5.74) is -0.197. The molecule has 2 bridgehead atoms. The molecule has 0 aliphatic carbocycles. The van der Waals surface area contributed by atoms with Crippen LogP contribution in [0.3, 0.4) is 0 Å². The molecule has 1 aromatic carbocycles. The molecule has 0 radical (unpaired) electrons. The van der Waals surface area contributed by atoms with Crippen LogP contribution in [0.2, 0.25) is 0 Å². The maximum Gasteiger partial charge on any atom is 0.312 e. The minimum Gasteiger partial charge on any atom is -0.461 e. The van der Waals surface area contributed by atoms with Crippen LogP contribution in [0.1, 0.15) is 32.3 Å². The zero-order valence-corrected chi connectivity index (χ0v) is 21.0. The van der Waals surface area contributed by atoms with E-state index in [0.717, 1.165) is 5.56 Å². The molecule has 3 aliphatic heterocycles. The minimum atomic E-state index is -1.14. The molecule has 1 N–H and O–H groups in total. The second-order valence-corrected chi connectivity index (χ2v) is 10.2. The van der Waals surface area contributed by atoms with Gasteiger partial charge < -0.3 is 24.4 Å². The normalized spacial score (nSPS) is 29.2. The molecular formula is C28H36N2O6. The van der Waals surface area contributed by atoms with Crippen molar-refractivity contribution < 1.29 is 29.0 Å². The maximum atomic E-state index is 14.3. The Hall–Kier alpha value is -2.97. The monoisotopic (exact) mass is 496 g/mol. The number of rotatable bonds is 11. The van der Waals surface area contributed by atoms with Crippen molar-refractivity contribution in [3.05, 3.63) is 61.2 Å². The first kappa shape index (κ1) is 26.1. The summed E-state index contributed by atoms with van der Waals surface area (Å²) in [5.74, 6) is -2.85. The van der Waals surface area contributed by atoms with Gasteiger partial charge in [-0.15, -0.1) is 6.58 Å². The molecule has 3 saturated heterocycles. The Morgan fingerprint density at radius 3 is 2.61 bits per heavy atom. The Morgan fingerprint density at radius 2 is 2.00 bits per heavy atom. The van der Waals surface area contributed by atoms with E-state index in [0.29, 0.717) is 19.4 Å². The highest BCUT2D eigenvalue weighted by Gasteiger charge is 2.75. The van der Waals surface area contributed by atoms with Crippen molar-refractivity contribution in [2.24, 2.45) is 17.8 Å². The number of ether oxygens (including phenoxy) is 2. The first-order valence-electron chi connectivity index (χ1n) is 12.6. The molecule has 8 nitrogen and oxygen atoms in total. The predicted molar refractivity (Wildman–Crippen MR) is 133 cm³/mol. The first-order valence-corrected chi connectivity index (χ1v) is 12.6. The van der Waals surface area contributed by atoms with Gasteiger partial charge in [-0.3, -0.25) is 14.4 Å². The van der Waals surface area contributed by atoms with Gasteiger partial charge in [0.05, 0.1) is 30.6 Å². The third kappa shape index (κ3) is 4.26. The van der Waals surface area contributed by atoms with Gasteiger partial charge in [0.1, 0.15) is 18.2 Å². The second kappa shape index (κ2) is 10.6. The fourth-order valence-electron chi connectivity index (χ4n) is 6.22. The van der Waals surface area contributed by atoms with Crippen LogP contribution in [0.15, 0.2) is 55.6 Å². The Morgan fingerprint density at radius 1 is 1.28 bits per heavy atom. The molecule has 2 unspecified atom stereocenters. The van der Waals surface area contributed by atoms with E-state index < -0.39 is 41.6 Å². The van der Waals surface area contributed by atoms with Crippen molar-refractivity contribution in [3.63, 3.8) is 0 Å². The van der Waals surface area contributed by atoms with Crippen LogP contribution in [0, 0.1) is 17.8 Å². The van der Waals surface area contributed by atoms with Gasteiger partial charge in [0.2, 0.25) is 11.8 Å². The van der Waals surface area contributed by atoms with E-state index in [2.05, 4.69) is 13.2 Å².